The lowest BCUT2D eigenvalue weighted by Gasteiger charge is -2.05. The summed E-state index contributed by atoms with van der Waals surface area (Å²) in [7, 11) is -3.84. The SMILES string of the molecule is O=C(CSc1nc(-c2ccccc2)[nH]c1S(=O)(=O)c1ccccc1)Nc1nccs1. The second-order valence-electron chi connectivity index (χ2n) is 6.08. The molecule has 0 spiro atoms. The third-order valence-corrected chi connectivity index (χ3v) is 7.55. The summed E-state index contributed by atoms with van der Waals surface area (Å²) in [4.78, 5) is 23.8. The Balaban J connectivity index is 1.66. The number of anilines is 1. The zero-order chi connectivity index (χ0) is 21.0. The van der Waals surface area contributed by atoms with Crippen LogP contribution in [0, 0.1) is 0 Å². The Labute approximate surface area is 181 Å². The van der Waals surface area contributed by atoms with Crippen LogP contribution < -0.4 is 5.32 Å². The number of carbonyl (C=O) groups excluding carboxylic acids is 1. The van der Waals surface area contributed by atoms with Crippen LogP contribution in [0.5, 0.6) is 0 Å². The number of thioether (sulfide) groups is 1. The fourth-order valence-corrected chi connectivity index (χ4v) is 5.63. The Kier molecular flexibility index (Phi) is 5.98. The quantitative estimate of drug-likeness (QED) is 0.406. The predicted octanol–water partition coefficient (Wildman–Crippen LogP) is 4.10. The van der Waals surface area contributed by atoms with E-state index >= 15 is 0 Å². The zero-order valence-corrected chi connectivity index (χ0v) is 17.9. The van der Waals surface area contributed by atoms with Crippen molar-refractivity contribution in [2.45, 2.75) is 14.9 Å². The van der Waals surface area contributed by atoms with Crippen LogP contribution in [-0.4, -0.2) is 35.0 Å². The first-order valence-electron chi connectivity index (χ1n) is 8.82. The number of hydrogen-bond acceptors (Lipinski definition) is 7. The van der Waals surface area contributed by atoms with Gasteiger partial charge in [0.25, 0.3) is 0 Å². The zero-order valence-electron chi connectivity index (χ0n) is 15.5. The van der Waals surface area contributed by atoms with Gasteiger partial charge in [0, 0.05) is 17.1 Å². The third-order valence-electron chi connectivity index (χ3n) is 4.03. The lowest BCUT2D eigenvalue weighted by atomic mass is 10.2. The molecule has 10 heteroatoms. The molecule has 2 heterocycles. The Morgan fingerprint density at radius 1 is 1.07 bits per heavy atom. The number of thiazole rings is 1. The first-order valence-corrected chi connectivity index (χ1v) is 12.2. The smallest absolute Gasteiger partial charge is 0.236 e. The van der Waals surface area contributed by atoms with Crippen molar-refractivity contribution in [3.8, 4) is 11.4 Å². The molecule has 1 amide bonds. The molecule has 4 aromatic rings. The largest absolute Gasteiger partial charge is 0.328 e. The summed E-state index contributed by atoms with van der Waals surface area (Å²) in [5.74, 6) is 0.130. The highest BCUT2D eigenvalue weighted by Crippen LogP contribution is 2.32. The van der Waals surface area contributed by atoms with Gasteiger partial charge in [-0.2, -0.15) is 0 Å². The molecule has 0 saturated carbocycles. The van der Waals surface area contributed by atoms with Gasteiger partial charge in [-0.15, -0.1) is 11.3 Å². The van der Waals surface area contributed by atoms with Crippen molar-refractivity contribution < 1.29 is 13.2 Å². The first kappa shape index (κ1) is 20.3. The topological polar surface area (TPSA) is 105 Å². The molecule has 0 aliphatic rings. The summed E-state index contributed by atoms with van der Waals surface area (Å²) in [6, 6.07) is 17.4. The minimum atomic E-state index is -3.84. The van der Waals surface area contributed by atoms with E-state index in [1.54, 1.807) is 29.8 Å². The van der Waals surface area contributed by atoms with Crippen molar-refractivity contribution in [1.29, 1.82) is 0 Å². The van der Waals surface area contributed by atoms with E-state index in [9.17, 15) is 13.2 Å². The van der Waals surface area contributed by atoms with Crippen molar-refractivity contribution in [2.24, 2.45) is 0 Å². The van der Waals surface area contributed by atoms with Crippen LogP contribution >= 0.6 is 23.1 Å². The summed E-state index contributed by atoms with van der Waals surface area (Å²) in [6.45, 7) is 0. The highest BCUT2D eigenvalue weighted by Gasteiger charge is 2.26. The molecule has 30 heavy (non-hydrogen) atoms. The van der Waals surface area contributed by atoms with Crippen molar-refractivity contribution in [3.05, 3.63) is 72.2 Å². The van der Waals surface area contributed by atoms with Gasteiger partial charge in [-0.1, -0.05) is 60.3 Å². The van der Waals surface area contributed by atoms with E-state index in [1.807, 2.05) is 30.3 Å². The van der Waals surface area contributed by atoms with Crippen molar-refractivity contribution in [2.75, 3.05) is 11.1 Å². The van der Waals surface area contributed by atoms with Crippen molar-refractivity contribution in [3.63, 3.8) is 0 Å². The maximum absolute atomic E-state index is 13.2. The fraction of sp³-hybridized carbons (Fsp3) is 0.0500. The van der Waals surface area contributed by atoms with Gasteiger partial charge < -0.3 is 10.3 Å². The Morgan fingerprint density at radius 3 is 2.43 bits per heavy atom. The minimum Gasteiger partial charge on any atom is -0.328 e. The highest BCUT2D eigenvalue weighted by atomic mass is 32.2. The van der Waals surface area contributed by atoms with Gasteiger partial charge in [-0.3, -0.25) is 4.79 Å². The summed E-state index contributed by atoms with van der Waals surface area (Å²) in [6.07, 6.45) is 1.60. The first-order chi connectivity index (χ1) is 14.5. The Bertz CT molecular complexity index is 1240. The third kappa shape index (κ3) is 4.45. The fourth-order valence-electron chi connectivity index (χ4n) is 2.65. The van der Waals surface area contributed by atoms with Crippen LogP contribution in [0.3, 0.4) is 0 Å². The number of nitrogens with one attached hydrogen (secondary N) is 2. The van der Waals surface area contributed by atoms with E-state index in [0.29, 0.717) is 11.0 Å². The van der Waals surface area contributed by atoms with Gasteiger partial charge >= 0.3 is 0 Å². The molecular formula is C20H16N4O3S3. The van der Waals surface area contributed by atoms with Gasteiger partial charge in [0.1, 0.15) is 10.9 Å². The monoisotopic (exact) mass is 456 g/mol. The number of sulfone groups is 1. The second-order valence-corrected chi connectivity index (χ2v) is 9.82. The predicted molar refractivity (Wildman–Crippen MR) is 117 cm³/mol. The second kappa shape index (κ2) is 8.82. The van der Waals surface area contributed by atoms with E-state index in [0.717, 1.165) is 17.3 Å². The van der Waals surface area contributed by atoms with Gasteiger partial charge in [0.15, 0.2) is 10.2 Å². The number of nitrogens with zero attached hydrogens (tertiary/aromatic N) is 2. The molecule has 0 saturated heterocycles. The summed E-state index contributed by atoms with van der Waals surface area (Å²) >= 11 is 2.37. The normalized spacial score (nSPS) is 11.3. The molecule has 2 aromatic carbocycles. The summed E-state index contributed by atoms with van der Waals surface area (Å²) < 4.78 is 26.4. The standard InChI is InChI=1S/C20H16N4O3S3/c25-16(22-20-21-11-12-28-20)13-29-18-19(30(26,27)15-9-5-2-6-10-15)24-17(23-18)14-7-3-1-4-8-14/h1-12H,13H2,(H,23,24)(H,21,22,25). The summed E-state index contributed by atoms with van der Waals surface area (Å²) in [5, 5.41) is 5.14. The number of rotatable bonds is 7. The van der Waals surface area contributed by atoms with Crippen LogP contribution in [0.15, 0.2) is 87.2 Å². The Morgan fingerprint density at radius 2 is 1.77 bits per heavy atom. The summed E-state index contributed by atoms with van der Waals surface area (Å²) in [5.41, 5.74) is 0.751. The molecule has 0 radical (unpaired) electrons. The number of H-pyrrole nitrogens is 1. The maximum Gasteiger partial charge on any atom is 0.236 e. The van der Waals surface area contributed by atoms with E-state index in [2.05, 4.69) is 20.3 Å². The molecule has 2 N–H and O–H groups in total. The number of benzene rings is 2. The van der Waals surface area contributed by atoms with Crippen LogP contribution in [-0.2, 0) is 14.6 Å². The van der Waals surface area contributed by atoms with Crippen LogP contribution in [0.4, 0.5) is 5.13 Å². The van der Waals surface area contributed by atoms with Gasteiger partial charge in [0.2, 0.25) is 15.7 Å². The lowest BCUT2D eigenvalue weighted by Crippen LogP contribution is -2.14. The number of amides is 1. The molecule has 0 aliphatic carbocycles. The van der Waals surface area contributed by atoms with Crippen LogP contribution in [0.25, 0.3) is 11.4 Å². The number of aromatic nitrogens is 3. The molecule has 2 aromatic heterocycles. The molecule has 0 fully saturated rings. The molecule has 0 bridgehead atoms. The molecular weight excluding hydrogens is 440 g/mol. The molecule has 152 valence electrons. The minimum absolute atomic E-state index is 0.00400. The van der Waals surface area contributed by atoms with Crippen LogP contribution in [0.2, 0.25) is 0 Å². The molecule has 0 aliphatic heterocycles. The lowest BCUT2D eigenvalue weighted by molar-refractivity contribution is -0.113. The van der Waals surface area contributed by atoms with E-state index in [4.69, 9.17) is 0 Å². The van der Waals surface area contributed by atoms with Crippen LogP contribution in [0.1, 0.15) is 0 Å². The highest BCUT2D eigenvalue weighted by molar-refractivity contribution is 8.00. The number of carbonyl (C=O) groups is 1. The van der Waals surface area contributed by atoms with Crippen molar-refractivity contribution >= 4 is 44.0 Å². The average molecular weight is 457 g/mol. The maximum atomic E-state index is 13.2. The molecule has 0 atom stereocenters. The van der Waals surface area contributed by atoms with Gasteiger partial charge in [-0.05, 0) is 12.1 Å². The Hall–Kier alpha value is -2.95. The number of aromatic amines is 1. The van der Waals surface area contributed by atoms with E-state index < -0.39 is 9.84 Å². The van der Waals surface area contributed by atoms with Gasteiger partial charge in [-0.25, -0.2) is 18.4 Å². The van der Waals surface area contributed by atoms with E-state index in [-0.39, 0.29) is 26.6 Å². The molecule has 4 rings (SSSR count). The average Bonchev–Trinajstić information content (AvgIpc) is 3.44. The number of hydrogen-bond donors (Lipinski definition) is 2. The van der Waals surface area contributed by atoms with E-state index in [1.165, 1.54) is 23.5 Å². The molecule has 0 unspecified atom stereocenters. The number of imidazole rings is 1. The van der Waals surface area contributed by atoms with Gasteiger partial charge in [0.05, 0.1) is 10.6 Å². The van der Waals surface area contributed by atoms with Crippen molar-refractivity contribution in [1.82, 2.24) is 15.0 Å². The molecule has 7 nitrogen and oxygen atoms in total.